The Morgan fingerprint density at radius 3 is 2.79 bits per heavy atom. The van der Waals surface area contributed by atoms with Gasteiger partial charge in [0.05, 0.1) is 17.2 Å². The summed E-state index contributed by atoms with van der Waals surface area (Å²) < 4.78 is 5.31. The molecule has 2 aromatic carbocycles. The summed E-state index contributed by atoms with van der Waals surface area (Å²) in [6.07, 6.45) is 1.38. The van der Waals surface area contributed by atoms with E-state index in [-0.39, 0.29) is 12.5 Å². The van der Waals surface area contributed by atoms with E-state index in [1.165, 1.54) is 0 Å². The Balaban J connectivity index is 1.69. The van der Waals surface area contributed by atoms with E-state index in [4.69, 9.17) is 10.00 Å². The van der Waals surface area contributed by atoms with Crippen molar-refractivity contribution in [3.63, 3.8) is 0 Å². The first-order valence-electron chi connectivity index (χ1n) is 7.74. The fourth-order valence-electron chi connectivity index (χ4n) is 2.68. The molecule has 2 aromatic rings. The van der Waals surface area contributed by atoms with Crippen LogP contribution in [0.25, 0.3) is 0 Å². The Kier molecular flexibility index (Phi) is 4.57. The number of hydrogen-bond acceptors (Lipinski definition) is 4. The van der Waals surface area contributed by atoms with Gasteiger partial charge in [-0.1, -0.05) is 18.2 Å². The van der Waals surface area contributed by atoms with Crippen LogP contribution in [0.1, 0.15) is 34.3 Å². The number of ether oxygens (including phenoxy) is 1. The molecule has 5 heteroatoms. The standard InChI is InChI=1S/C19H16N2O3/c20-12-14-4-1-5-15(10-14)13-24-19(23)16-6-2-7-17(11-16)21-9-3-8-18(21)22/h1-2,4-7,10-11H,3,8-9,13H2. The minimum absolute atomic E-state index is 0.0776. The molecule has 0 N–H and O–H groups in total. The highest BCUT2D eigenvalue weighted by Crippen LogP contribution is 2.22. The van der Waals surface area contributed by atoms with E-state index in [1.54, 1.807) is 47.4 Å². The monoisotopic (exact) mass is 320 g/mol. The highest BCUT2D eigenvalue weighted by Gasteiger charge is 2.22. The molecule has 1 aliphatic rings. The summed E-state index contributed by atoms with van der Waals surface area (Å²) in [5.41, 5.74) is 2.41. The van der Waals surface area contributed by atoms with Crippen molar-refractivity contribution < 1.29 is 14.3 Å². The number of carbonyl (C=O) groups excluding carboxylic acids is 2. The Morgan fingerprint density at radius 1 is 1.21 bits per heavy atom. The fraction of sp³-hybridized carbons (Fsp3) is 0.211. The molecule has 120 valence electrons. The maximum Gasteiger partial charge on any atom is 0.338 e. The third kappa shape index (κ3) is 3.44. The van der Waals surface area contributed by atoms with Crippen LogP contribution in [0.2, 0.25) is 0 Å². The molecule has 0 atom stereocenters. The van der Waals surface area contributed by atoms with Gasteiger partial charge in [0.25, 0.3) is 0 Å². The van der Waals surface area contributed by atoms with Crippen molar-refractivity contribution in [2.45, 2.75) is 19.4 Å². The number of anilines is 1. The van der Waals surface area contributed by atoms with Gasteiger partial charge >= 0.3 is 5.97 Å². The van der Waals surface area contributed by atoms with Crippen LogP contribution in [0.4, 0.5) is 5.69 Å². The predicted molar refractivity (Wildman–Crippen MR) is 88.3 cm³/mol. The zero-order chi connectivity index (χ0) is 16.9. The fourth-order valence-corrected chi connectivity index (χ4v) is 2.68. The lowest BCUT2D eigenvalue weighted by Crippen LogP contribution is -2.23. The van der Waals surface area contributed by atoms with E-state index in [1.807, 2.05) is 6.07 Å². The van der Waals surface area contributed by atoms with Crippen LogP contribution >= 0.6 is 0 Å². The molecule has 3 rings (SSSR count). The molecule has 0 radical (unpaired) electrons. The third-order valence-electron chi connectivity index (χ3n) is 3.89. The van der Waals surface area contributed by atoms with Gasteiger partial charge in [-0.3, -0.25) is 4.79 Å². The van der Waals surface area contributed by atoms with E-state index in [0.29, 0.717) is 24.1 Å². The lowest BCUT2D eigenvalue weighted by Gasteiger charge is -2.16. The second-order valence-corrected chi connectivity index (χ2v) is 5.59. The van der Waals surface area contributed by atoms with Crippen LogP contribution in [-0.4, -0.2) is 18.4 Å². The van der Waals surface area contributed by atoms with Crippen LogP contribution in [0.3, 0.4) is 0 Å². The van der Waals surface area contributed by atoms with Crippen LogP contribution in [0, 0.1) is 11.3 Å². The molecule has 0 unspecified atom stereocenters. The molecule has 1 heterocycles. The topological polar surface area (TPSA) is 70.4 Å². The Hall–Kier alpha value is -3.13. The van der Waals surface area contributed by atoms with E-state index in [0.717, 1.165) is 17.7 Å². The molecule has 0 aliphatic carbocycles. The second kappa shape index (κ2) is 6.97. The van der Waals surface area contributed by atoms with Gasteiger partial charge in [0.1, 0.15) is 6.61 Å². The number of amides is 1. The van der Waals surface area contributed by atoms with E-state index >= 15 is 0 Å². The first-order valence-corrected chi connectivity index (χ1v) is 7.74. The number of nitriles is 1. The van der Waals surface area contributed by atoms with E-state index < -0.39 is 5.97 Å². The summed E-state index contributed by atoms with van der Waals surface area (Å²) in [4.78, 5) is 25.7. The van der Waals surface area contributed by atoms with E-state index in [9.17, 15) is 9.59 Å². The van der Waals surface area contributed by atoms with Crippen molar-refractivity contribution in [2.75, 3.05) is 11.4 Å². The van der Waals surface area contributed by atoms with Gasteiger partial charge in [-0.25, -0.2) is 4.79 Å². The molecule has 1 saturated heterocycles. The highest BCUT2D eigenvalue weighted by atomic mass is 16.5. The number of carbonyl (C=O) groups is 2. The Bertz CT molecular complexity index is 823. The van der Waals surface area contributed by atoms with Crippen LogP contribution in [-0.2, 0) is 16.1 Å². The van der Waals surface area contributed by atoms with Crippen LogP contribution < -0.4 is 4.90 Å². The zero-order valence-corrected chi connectivity index (χ0v) is 13.1. The number of esters is 1. The summed E-state index contributed by atoms with van der Waals surface area (Å²) in [6.45, 7) is 0.777. The van der Waals surface area contributed by atoms with Crippen molar-refractivity contribution in [1.29, 1.82) is 5.26 Å². The minimum Gasteiger partial charge on any atom is -0.457 e. The molecule has 0 aromatic heterocycles. The summed E-state index contributed by atoms with van der Waals surface area (Å²) in [5, 5.41) is 8.88. The third-order valence-corrected chi connectivity index (χ3v) is 3.89. The van der Waals surface area contributed by atoms with E-state index in [2.05, 4.69) is 6.07 Å². The number of rotatable bonds is 4. The first-order chi connectivity index (χ1) is 11.7. The molecule has 1 aliphatic heterocycles. The molecule has 1 fully saturated rings. The lowest BCUT2D eigenvalue weighted by atomic mass is 10.1. The number of benzene rings is 2. The second-order valence-electron chi connectivity index (χ2n) is 5.59. The van der Waals surface area contributed by atoms with Gasteiger partial charge in [0, 0.05) is 18.7 Å². The normalized spacial score (nSPS) is 13.6. The van der Waals surface area contributed by atoms with Gasteiger partial charge in [0.15, 0.2) is 0 Å². The van der Waals surface area contributed by atoms with Crippen LogP contribution in [0.15, 0.2) is 48.5 Å². The molecular formula is C19H16N2O3. The van der Waals surface area contributed by atoms with Gasteiger partial charge < -0.3 is 9.64 Å². The van der Waals surface area contributed by atoms with Gasteiger partial charge in [-0.05, 0) is 42.3 Å². The van der Waals surface area contributed by atoms with Gasteiger partial charge in [0.2, 0.25) is 5.91 Å². The first kappa shape index (κ1) is 15.8. The SMILES string of the molecule is N#Cc1cccc(COC(=O)c2cccc(N3CCCC3=O)c2)c1. The van der Waals surface area contributed by atoms with Crippen molar-refractivity contribution in [1.82, 2.24) is 0 Å². The van der Waals surface area contributed by atoms with Crippen LogP contribution in [0.5, 0.6) is 0 Å². The zero-order valence-electron chi connectivity index (χ0n) is 13.1. The van der Waals surface area contributed by atoms with Gasteiger partial charge in [-0.15, -0.1) is 0 Å². The average Bonchev–Trinajstić information content (AvgIpc) is 3.06. The molecule has 0 spiro atoms. The highest BCUT2D eigenvalue weighted by molar-refractivity contribution is 5.97. The predicted octanol–water partition coefficient (Wildman–Crippen LogP) is 3.04. The summed E-state index contributed by atoms with van der Waals surface area (Å²) in [6, 6.07) is 15.9. The minimum atomic E-state index is -0.453. The lowest BCUT2D eigenvalue weighted by molar-refractivity contribution is -0.117. The average molecular weight is 320 g/mol. The molecule has 0 saturated carbocycles. The van der Waals surface area contributed by atoms with Gasteiger partial charge in [-0.2, -0.15) is 5.26 Å². The van der Waals surface area contributed by atoms with Crippen molar-refractivity contribution in [2.24, 2.45) is 0 Å². The summed E-state index contributed by atoms with van der Waals surface area (Å²) in [5.74, 6) is -0.375. The Morgan fingerprint density at radius 2 is 2.04 bits per heavy atom. The maximum atomic E-state index is 12.2. The Labute approximate surface area is 140 Å². The summed E-state index contributed by atoms with van der Waals surface area (Å²) >= 11 is 0. The quantitative estimate of drug-likeness (QED) is 0.812. The molecule has 5 nitrogen and oxygen atoms in total. The molecular weight excluding hydrogens is 304 g/mol. The smallest absolute Gasteiger partial charge is 0.338 e. The maximum absolute atomic E-state index is 12.2. The van der Waals surface area contributed by atoms with Crippen molar-refractivity contribution >= 4 is 17.6 Å². The van der Waals surface area contributed by atoms with Crippen molar-refractivity contribution in [3.8, 4) is 6.07 Å². The largest absolute Gasteiger partial charge is 0.457 e. The molecule has 0 bridgehead atoms. The molecule has 24 heavy (non-hydrogen) atoms. The number of hydrogen-bond donors (Lipinski definition) is 0. The number of nitrogens with zero attached hydrogens (tertiary/aromatic N) is 2. The summed E-state index contributed by atoms with van der Waals surface area (Å²) in [7, 11) is 0. The molecule has 1 amide bonds. The van der Waals surface area contributed by atoms with Crippen molar-refractivity contribution in [3.05, 3.63) is 65.2 Å².